The molecule has 28 heavy (non-hydrogen) atoms. The summed E-state index contributed by atoms with van der Waals surface area (Å²) < 4.78 is 27.5. The van der Waals surface area contributed by atoms with E-state index in [0.29, 0.717) is 37.5 Å². The average Bonchev–Trinajstić information content (AvgIpc) is 3.12. The van der Waals surface area contributed by atoms with Gasteiger partial charge in [0.1, 0.15) is 0 Å². The summed E-state index contributed by atoms with van der Waals surface area (Å²) in [5.74, 6) is 0.104. The van der Waals surface area contributed by atoms with Crippen LogP contribution in [-0.4, -0.2) is 62.8 Å². The number of carbonyl (C=O) groups is 1. The number of nitrogens with zero attached hydrogens (tertiary/aromatic N) is 3. The second kappa shape index (κ2) is 9.37. The van der Waals surface area contributed by atoms with Crippen LogP contribution < -0.4 is 4.90 Å². The zero-order chi connectivity index (χ0) is 20.1. The fourth-order valence-electron chi connectivity index (χ4n) is 4.23. The lowest BCUT2D eigenvalue weighted by Gasteiger charge is -2.26. The number of piperidine rings is 1. The van der Waals surface area contributed by atoms with Crippen molar-refractivity contribution in [1.29, 1.82) is 0 Å². The van der Waals surface area contributed by atoms with E-state index in [-0.39, 0.29) is 5.91 Å². The first kappa shape index (κ1) is 21.3. The summed E-state index contributed by atoms with van der Waals surface area (Å²) in [5.41, 5.74) is 1.83. The molecule has 0 N–H and O–H groups in total. The molecule has 1 saturated heterocycles. The largest absolute Gasteiger partial charge is 0.311 e. The van der Waals surface area contributed by atoms with Gasteiger partial charge in [-0.2, -0.15) is 4.31 Å². The molecule has 3 rings (SSSR count). The van der Waals surface area contributed by atoms with Gasteiger partial charge in [0.05, 0.1) is 11.4 Å². The summed E-state index contributed by atoms with van der Waals surface area (Å²) >= 11 is 0. The number of rotatable bonds is 8. The Kier molecular flexibility index (Phi) is 7.12. The summed E-state index contributed by atoms with van der Waals surface area (Å²) in [4.78, 5) is 17.2. The van der Waals surface area contributed by atoms with E-state index < -0.39 is 10.0 Å². The molecule has 0 bridgehead atoms. The van der Waals surface area contributed by atoms with Gasteiger partial charge in [0.2, 0.25) is 15.9 Å². The fourth-order valence-corrected chi connectivity index (χ4v) is 5.80. The first-order valence-electron chi connectivity index (χ1n) is 10.6. The Morgan fingerprint density at radius 3 is 2.36 bits per heavy atom. The summed E-state index contributed by atoms with van der Waals surface area (Å²) in [7, 11) is -3.43. The van der Waals surface area contributed by atoms with Gasteiger partial charge in [-0.25, -0.2) is 8.42 Å². The molecular weight excluding hydrogens is 374 g/mol. The van der Waals surface area contributed by atoms with E-state index in [1.54, 1.807) is 16.4 Å². The molecule has 1 aromatic carbocycles. The van der Waals surface area contributed by atoms with Crippen molar-refractivity contribution >= 4 is 21.6 Å². The van der Waals surface area contributed by atoms with Gasteiger partial charge in [0, 0.05) is 25.3 Å². The highest BCUT2D eigenvalue weighted by Gasteiger charge is 2.30. The van der Waals surface area contributed by atoms with Gasteiger partial charge in [-0.1, -0.05) is 20.3 Å². The standard InChI is InChI=1S/C21H33N3O3S/c1-3-11-22(12-4-2)17-21(25)24-15-10-18-16-19(8-9-20(18)24)28(26,27)23-13-6-5-7-14-23/h8-9,16H,3-7,10-15,17H2,1-2H3. The summed E-state index contributed by atoms with van der Waals surface area (Å²) in [5, 5.41) is 0. The minimum absolute atomic E-state index is 0.104. The van der Waals surface area contributed by atoms with Crippen molar-refractivity contribution in [2.45, 2.75) is 57.3 Å². The first-order chi connectivity index (χ1) is 13.5. The van der Waals surface area contributed by atoms with Crippen LogP contribution in [0.25, 0.3) is 0 Å². The van der Waals surface area contributed by atoms with Crippen molar-refractivity contribution in [2.75, 3.05) is 44.2 Å². The molecule has 1 amide bonds. The highest BCUT2D eigenvalue weighted by atomic mass is 32.2. The zero-order valence-electron chi connectivity index (χ0n) is 17.2. The third-order valence-electron chi connectivity index (χ3n) is 5.64. The van der Waals surface area contributed by atoms with Crippen LogP contribution in [0.1, 0.15) is 51.5 Å². The van der Waals surface area contributed by atoms with Crippen LogP contribution >= 0.6 is 0 Å². The Hall–Kier alpha value is -1.44. The number of hydrogen-bond donors (Lipinski definition) is 0. The van der Waals surface area contributed by atoms with Crippen LogP contribution in [0.15, 0.2) is 23.1 Å². The first-order valence-corrected chi connectivity index (χ1v) is 12.1. The normalized spacial score (nSPS) is 17.9. The minimum atomic E-state index is -3.43. The average molecular weight is 408 g/mol. The molecule has 0 radical (unpaired) electrons. The minimum Gasteiger partial charge on any atom is -0.311 e. The summed E-state index contributed by atoms with van der Waals surface area (Å²) in [6.45, 7) is 8.37. The SMILES string of the molecule is CCCN(CCC)CC(=O)N1CCc2cc(S(=O)(=O)N3CCCCC3)ccc21. The molecular formula is C21H33N3O3S. The number of amides is 1. The molecule has 0 spiro atoms. The topological polar surface area (TPSA) is 60.9 Å². The lowest BCUT2D eigenvalue weighted by atomic mass is 10.2. The van der Waals surface area contributed by atoms with E-state index in [4.69, 9.17) is 0 Å². The lowest BCUT2D eigenvalue weighted by Crippen LogP contribution is -2.40. The number of hydrogen-bond acceptors (Lipinski definition) is 4. The number of fused-ring (bicyclic) bond motifs is 1. The number of benzene rings is 1. The van der Waals surface area contributed by atoms with E-state index in [2.05, 4.69) is 18.7 Å². The molecule has 2 aliphatic rings. The van der Waals surface area contributed by atoms with Crippen LogP contribution in [0.2, 0.25) is 0 Å². The second-order valence-corrected chi connectivity index (χ2v) is 9.76. The Morgan fingerprint density at radius 2 is 1.71 bits per heavy atom. The smallest absolute Gasteiger partial charge is 0.243 e. The van der Waals surface area contributed by atoms with Gasteiger partial charge in [0.25, 0.3) is 0 Å². The van der Waals surface area contributed by atoms with Gasteiger partial charge in [-0.05, 0) is 69.0 Å². The molecule has 2 heterocycles. The molecule has 1 fully saturated rings. The van der Waals surface area contributed by atoms with Crippen LogP contribution in [0, 0.1) is 0 Å². The molecule has 2 aliphatic heterocycles. The van der Waals surface area contributed by atoms with Crippen molar-refractivity contribution in [1.82, 2.24) is 9.21 Å². The van der Waals surface area contributed by atoms with Crippen LogP contribution in [-0.2, 0) is 21.2 Å². The number of carbonyl (C=O) groups excluding carboxylic acids is 1. The van der Waals surface area contributed by atoms with Crippen molar-refractivity contribution in [3.05, 3.63) is 23.8 Å². The molecule has 6 nitrogen and oxygen atoms in total. The molecule has 0 aliphatic carbocycles. The van der Waals surface area contributed by atoms with Crippen LogP contribution in [0.4, 0.5) is 5.69 Å². The molecule has 0 unspecified atom stereocenters. The van der Waals surface area contributed by atoms with Crippen molar-refractivity contribution < 1.29 is 13.2 Å². The molecule has 7 heteroatoms. The summed E-state index contributed by atoms with van der Waals surface area (Å²) in [6.07, 6.45) is 5.73. The van der Waals surface area contributed by atoms with Crippen molar-refractivity contribution in [3.63, 3.8) is 0 Å². The van der Waals surface area contributed by atoms with Crippen LogP contribution in [0.3, 0.4) is 0 Å². The highest BCUT2D eigenvalue weighted by molar-refractivity contribution is 7.89. The van der Waals surface area contributed by atoms with Gasteiger partial charge in [-0.3, -0.25) is 9.69 Å². The van der Waals surface area contributed by atoms with Gasteiger partial charge in [-0.15, -0.1) is 0 Å². The van der Waals surface area contributed by atoms with Gasteiger partial charge >= 0.3 is 0 Å². The van der Waals surface area contributed by atoms with Gasteiger partial charge in [0.15, 0.2) is 0 Å². The van der Waals surface area contributed by atoms with Crippen molar-refractivity contribution in [3.8, 4) is 0 Å². The Balaban J connectivity index is 1.74. The molecule has 0 saturated carbocycles. The Morgan fingerprint density at radius 1 is 1.04 bits per heavy atom. The Labute approximate surface area is 169 Å². The second-order valence-electron chi connectivity index (χ2n) is 7.83. The maximum atomic E-state index is 12.9. The third kappa shape index (κ3) is 4.58. The fraction of sp³-hybridized carbons (Fsp3) is 0.667. The monoisotopic (exact) mass is 407 g/mol. The lowest BCUT2D eigenvalue weighted by molar-refractivity contribution is -0.119. The van der Waals surface area contributed by atoms with E-state index in [1.807, 2.05) is 11.0 Å². The maximum absolute atomic E-state index is 12.9. The third-order valence-corrected chi connectivity index (χ3v) is 7.53. The zero-order valence-corrected chi connectivity index (χ0v) is 18.0. The van der Waals surface area contributed by atoms with E-state index in [0.717, 1.165) is 56.4 Å². The number of sulfonamides is 1. The van der Waals surface area contributed by atoms with E-state index in [9.17, 15) is 13.2 Å². The Bertz CT molecular complexity index is 782. The quantitative estimate of drug-likeness (QED) is 0.665. The van der Waals surface area contributed by atoms with E-state index >= 15 is 0 Å². The predicted octanol–water partition coefficient (Wildman–Crippen LogP) is 2.87. The molecule has 0 atom stereocenters. The predicted molar refractivity (Wildman–Crippen MR) is 112 cm³/mol. The van der Waals surface area contributed by atoms with Crippen molar-refractivity contribution in [2.24, 2.45) is 0 Å². The maximum Gasteiger partial charge on any atom is 0.243 e. The highest BCUT2D eigenvalue weighted by Crippen LogP contribution is 2.32. The number of anilines is 1. The van der Waals surface area contributed by atoms with E-state index in [1.165, 1.54) is 0 Å². The molecule has 1 aromatic rings. The molecule has 156 valence electrons. The van der Waals surface area contributed by atoms with Crippen LogP contribution in [0.5, 0.6) is 0 Å². The van der Waals surface area contributed by atoms with Gasteiger partial charge < -0.3 is 4.90 Å². The molecule has 0 aromatic heterocycles. The summed E-state index contributed by atoms with van der Waals surface area (Å²) in [6, 6.07) is 5.27.